The second kappa shape index (κ2) is 10.6. The summed E-state index contributed by atoms with van der Waals surface area (Å²) < 4.78 is 12.8. The fourth-order valence-corrected chi connectivity index (χ4v) is 5.65. The van der Waals surface area contributed by atoms with Gasteiger partial charge in [-0.1, -0.05) is 16.8 Å². The lowest BCUT2D eigenvalue weighted by molar-refractivity contribution is 0.0600. The van der Waals surface area contributed by atoms with E-state index in [2.05, 4.69) is 34.2 Å². The molecule has 0 saturated carbocycles. The molecule has 0 aliphatic carbocycles. The van der Waals surface area contributed by atoms with Crippen molar-refractivity contribution in [2.24, 2.45) is 0 Å². The summed E-state index contributed by atoms with van der Waals surface area (Å²) in [6, 6.07) is 9.54. The lowest BCUT2D eigenvalue weighted by Gasteiger charge is -2.34. The number of amides is 1. The number of carbonyl (C=O) groups excluding carboxylic acids is 2. The van der Waals surface area contributed by atoms with Gasteiger partial charge in [-0.25, -0.2) is 9.78 Å². The normalized spacial score (nSPS) is 14.9. The first kappa shape index (κ1) is 25.4. The molecule has 9 nitrogen and oxygen atoms in total. The largest absolute Gasteiger partial charge is 0.465 e. The lowest BCUT2D eigenvalue weighted by atomic mass is 10.0. The van der Waals surface area contributed by atoms with Gasteiger partial charge in [-0.05, 0) is 51.0 Å². The van der Waals surface area contributed by atoms with E-state index in [1.54, 1.807) is 22.8 Å². The number of hydrogen-bond donors (Lipinski definition) is 1. The van der Waals surface area contributed by atoms with Crippen molar-refractivity contribution in [2.75, 3.05) is 20.2 Å². The molecule has 5 rings (SSSR count). The van der Waals surface area contributed by atoms with E-state index in [4.69, 9.17) is 20.9 Å². The van der Waals surface area contributed by atoms with Crippen LogP contribution in [-0.2, 0) is 11.3 Å². The monoisotopic (exact) mass is 541 g/mol. The third-order valence-electron chi connectivity index (χ3n) is 6.68. The van der Waals surface area contributed by atoms with E-state index < -0.39 is 5.97 Å². The molecular weight excluding hydrogens is 514 g/mol. The van der Waals surface area contributed by atoms with Crippen LogP contribution >= 0.6 is 22.9 Å². The van der Waals surface area contributed by atoms with Crippen molar-refractivity contribution in [3.05, 3.63) is 57.8 Å². The number of nitrogens with one attached hydrogen (secondary N) is 1. The molecule has 4 aromatic rings. The third kappa shape index (κ3) is 5.41. The molecule has 194 valence electrons. The highest BCUT2D eigenvalue weighted by atomic mass is 35.5. The zero-order chi connectivity index (χ0) is 26.1. The topological polar surface area (TPSA) is 102 Å². The number of hydrogen-bond acceptors (Lipinski definition) is 8. The summed E-state index contributed by atoms with van der Waals surface area (Å²) >= 11 is 7.47. The smallest absolute Gasteiger partial charge is 0.339 e. The lowest BCUT2D eigenvalue weighted by Crippen LogP contribution is -2.46. The molecule has 1 fully saturated rings. The average Bonchev–Trinajstić information content (AvgIpc) is 3.62. The maximum Gasteiger partial charge on any atom is 0.339 e. The minimum atomic E-state index is -0.485. The Bertz CT molecular complexity index is 1430. The van der Waals surface area contributed by atoms with Crippen LogP contribution in [0.5, 0.6) is 0 Å². The van der Waals surface area contributed by atoms with E-state index in [1.807, 2.05) is 12.1 Å². The number of ether oxygens (including phenoxy) is 1. The summed E-state index contributed by atoms with van der Waals surface area (Å²) in [6.07, 6.45) is 3.24. The van der Waals surface area contributed by atoms with Crippen LogP contribution in [0.2, 0.25) is 4.34 Å². The highest BCUT2D eigenvalue weighted by molar-refractivity contribution is 7.19. The first-order valence-corrected chi connectivity index (χ1v) is 13.4. The van der Waals surface area contributed by atoms with Crippen molar-refractivity contribution in [3.8, 4) is 10.6 Å². The van der Waals surface area contributed by atoms with Crippen molar-refractivity contribution < 1.29 is 18.8 Å². The van der Waals surface area contributed by atoms with Gasteiger partial charge in [-0.2, -0.15) is 0 Å². The molecule has 1 amide bonds. The molecule has 5 heterocycles. The van der Waals surface area contributed by atoms with Gasteiger partial charge in [-0.3, -0.25) is 4.79 Å². The quantitative estimate of drug-likeness (QED) is 0.334. The van der Waals surface area contributed by atoms with Gasteiger partial charge in [0.05, 0.1) is 28.4 Å². The van der Waals surface area contributed by atoms with Crippen LogP contribution in [0.3, 0.4) is 0 Å². The van der Waals surface area contributed by atoms with Crippen LogP contribution in [0.1, 0.15) is 53.2 Å². The maximum atomic E-state index is 13.5. The SMILES string of the molecule is COC(=O)c1cnc2c(c1)cc(C(=O)NC1CCN(C(C)C)CC1)n2Cc1cc(-c2ccc(Cl)s2)on1. The number of piperidine rings is 1. The van der Waals surface area contributed by atoms with Crippen molar-refractivity contribution in [1.29, 1.82) is 0 Å². The number of thiophene rings is 1. The highest BCUT2D eigenvalue weighted by Crippen LogP contribution is 2.32. The summed E-state index contributed by atoms with van der Waals surface area (Å²) in [5.74, 6) is -0.0672. The van der Waals surface area contributed by atoms with Crippen molar-refractivity contribution in [3.63, 3.8) is 0 Å². The molecule has 1 aliphatic rings. The molecule has 37 heavy (non-hydrogen) atoms. The van der Waals surface area contributed by atoms with Crippen LogP contribution in [0.25, 0.3) is 21.7 Å². The number of nitrogens with zero attached hydrogens (tertiary/aromatic N) is 4. The van der Waals surface area contributed by atoms with E-state index in [0.717, 1.165) is 30.8 Å². The maximum absolute atomic E-state index is 13.5. The molecule has 0 aromatic carbocycles. The van der Waals surface area contributed by atoms with Crippen molar-refractivity contribution >= 4 is 45.8 Å². The summed E-state index contributed by atoms with van der Waals surface area (Å²) in [6.45, 7) is 6.55. The average molecular weight is 542 g/mol. The Morgan fingerprint density at radius 2 is 2.03 bits per heavy atom. The molecule has 0 spiro atoms. The third-order valence-corrected chi connectivity index (χ3v) is 7.92. The van der Waals surface area contributed by atoms with Gasteiger partial charge >= 0.3 is 5.97 Å². The number of rotatable bonds is 7. The number of halogens is 1. The summed E-state index contributed by atoms with van der Waals surface area (Å²) in [4.78, 5) is 33.3. The van der Waals surface area contributed by atoms with Gasteiger partial charge in [0.25, 0.3) is 5.91 Å². The van der Waals surface area contributed by atoms with Gasteiger partial charge in [0, 0.05) is 42.8 Å². The number of aromatic nitrogens is 3. The van der Waals surface area contributed by atoms with E-state index in [-0.39, 0.29) is 18.5 Å². The van der Waals surface area contributed by atoms with Crippen LogP contribution in [0.15, 0.2) is 41.1 Å². The molecule has 1 N–H and O–H groups in total. The number of carbonyl (C=O) groups is 2. The van der Waals surface area contributed by atoms with Gasteiger partial charge in [-0.15, -0.1) is 11.3 Å². The van der Waals surface area contributed by atoms with Gasteiger partial charge in [0.15, 0.2) is 5.76 Å². The fourth-order valence-electron chi connectivity index (χ4n) is 4.65. The minimum absolute atomic E-state index is 0.0924. The summed E-state index contributed by atoms with van der Waals surface area (Å²) in [5.41, 5.74) is 1.96. The summed E-state index contributed by atoms with van der Waals surface area (Å²) in [5, 5.41) is 8.08. The first-order valence-electron chi connectivity index (χ1n) is 12.2. The van der Waals surface area contributed by atoms with Crippen molar-refractivity contribution in [2.45, 2.75) is 45.3 Å². The Balaban J connectivity index is 1.44. The van der Waals surface area contributed by atoms with Crippen molar-refractivity contribution in [1.82, 2.24) is 24.9 Å². The first-order chi connectivity index (χ1) is 17.8. The second-order valence-corrected chi connectivity index (χ2v) is 11.1. The number of pyridine rings is 1. The zero-order valence-corrected chi connectivity index (χ0v) is 22.4. The molecule has 0 atom stereocenters. The zero-order valence-electron chi connectivity index (χ0n) is 20.9. The van der Waals surface area contributed by atoms with Crippen LogP contribution in [0.4, 0.5) is 0 Å². The summed E-state index contributed by atoms with van der Waals surface area (Å²) in [7, 11) is 1.32. The van der Waals surface area contributed by atoms with Crippen LogP contribution in [0, 0.1) is 0 Å². The van der Waals surface area contributed by atoms with E-state index in [1.165, 1.54) is 24.6 Å². The molecule has 0 radical (unpaired) electrons. The molecule has 1 saturated heterocycles. The standard InChI is InChI=1S/C26H28ClN5O4S/c1-15(2)31-8-6-18(7-9-31)29-25(33)20-11-16-10-17(26(34)35-3)13-28-24(16)32(20)14-19-12-21(36-30-19)22-4-5-23(27)37-22/h4-5,10-13,15,18H,6-9,14H2,1-3H3,(H,29,33). The molecule has 4 aromatic heterocycles. The van der Waals surface area contributed by atoms with E-state index in [0.29, 0.717) is 44.1 Å². The molecule has 11 heteroatoms. The van der Waals surface area contributed by atoms with Crippen LogP contribution in [-0.4, -0.2) is 63.8 Å². The second-order valence-electron chi connectivity index (χ2n) is 9.41. The Kier molecular flexibility index (Phi) is 7.32. The number of fused-ring (bicyclic) bond motifs is 1. The Hall–Kier alpha value is -3.21. The Labute approximate surface area is 223 Å². The highest BCUT2D eigenvalue weighted by Gasteiger charge is 2.25. The van der Waals surface area contributed by atoms with E-state index in [9.17, 15) is 9.59 Å². The van der Waals surface area contributed by atoms with Gasteiger partial charge < -0.3 is 24.0 Å². The van der Waals surface area contributed by atoms with E-state index >= 15 is 0 Å². The fraction of sp³-hybridized carbons (Fsp3) is 0.385. The Morgan fingerprint density at radius 3 is 2.70 bits per heavy atom. The van der Waals surface area contributed by atoms with Crippen LogP contribution < -0.4 is 5.32 Å². The number of esters is 1. The predicted octanol–water partition coefficient (Wildman–Crippen LogP) is 4.84. The molecule has 1 aliphatic heterocycles. The molecule has 0 unspecified atom stereocenters. The van der Waals surface area contributed by atoms with Gasteiger partial charge in [0.1, 0.15) is 17.0 Å². The predicted molar refractivity (Wildman–Crippen MR) is 142 cm³/mol. The molecule has 0 bridgehead atoms. The molecular formula is C26H28ClN5O4S. The minimum Gasteiger partial charge on any atom is -0.465 e. The van der Waals surface area contributed by atoms with Gasteiger partial charge in [0.2, 0.25) is 0 Å². The Morgan fingerprint density at radius 1 is 1.24 bits per heavy atom. The number of methoxy groups -OCH3 is 1. The number of likely N-dealkylation sites (tertiary alicyclic amines) is 1.